The smallest absolute Gasteiger partial charge is 0.409 e. The zero-order chi connectivity index (χ0) is 36.9. The van der Waals surface area contributed by atoms with Gasteiger partial charge in [-0.1, -0.05) is 80.1 Å². The number of allylic oxidation sites excluding steroid dienone is 1. The Hall–Kier alpha value is -4.12. The topological polar surface area (TPSA) is 119 Å². The standard InChI is InChI=1S/C42H56N2O8/c1-5-21-44(41(47)48-4)38-28-36(43-51-29-30-15-9-8-10-16-30)34-26-31(17-11-13-22-45)33(18-12-14-23-46)39-35-27-32(49-24-6-2)19-20-37(35)52-42(38,40(34)39)50-25-7-3/h6-10,15-16,19-20,26-27,31,33,38-40,45-46H,2-3,5,11-14,17-18,21-25,28-29H2,1,4H3. The molecule has 10 nitrogen and oxygen atoms in total. The lowest BCUT2D eigenvalue weighted by Gasteiger charge is -2.59. The SMILES string of the molecule is C=CCOc1ccc2c(c1)C1C(CCCCO)C(CCCCO)C=C3C(=NOCc4ccccc4)CC(N(CCC)C(=O)OC)C(OCC=C)(O2)C31. The number of hydrogen-bond acceptors (Lipinski definition) is 9. The molecule has 1 aliphatic heterocycles. The van der Waals surface area contributed by atoms with Crippen LogP contribution in [0.1, 0.15) is 75.3 Å². The lowest BCUT2D eigenvalue weighted by Crippen LogP contribution is -2.70. The van der Waals surface area contributed by atoms with Crippen molar-refractivity contribution >= 4 is 11.8 Å². The van der Waals surface area contributed by atoms with Gasteiger partial charge in [0.25, 0.3) is 0 Å². The molecule has 3 aliphatic rings. The van der Waals surface area contributed by atoms with Crippen LogP contribution in [0.25, 0.3) is 0 Å². The van der Waals surface area contributed by atoms with Gasteiger partial charge < -0.3 is 34.0 Å². The summed E-state index contributed by atoms with van der Waals surface area (Å²) in [4.78, 5) is 21.5. The first-order valence-electron chi connectivity index (χ1n) is 18.8. The number of hydrogen-bond donors (Lipinski definition) is 2. The number of carbonyl (C=O) groups excluding carboxylic acids is 1. The summed E-state index contributed by atoms with van der Waals surface area (Å²) in [6.45, 7) is 11.3. The second kappa shape index (κ2) is 19.1. The monoisotopic (exact) mass is 716 g/mol. The van der Waals surface area contributed by atoms with Crippen LogP contribution in [0.2, 0.25) is 0 Å². The molecule has 5 rings (SSSR count). The van der Waals surface area contributed by atoms with Crippen molar-refractivity contribution in [3.05, 3.63) is 96.6 Å². The number of carbonyl (C=O) groups is 1. The highest BCUT2D eigenvalue weighted by Crippen LogP contribution is 2.62. The van der Waals surface area contributed by atoms with Crippen LogP contribution in [0.15, 0.2) is 90.6 Å². The minimum atomic E-state index is -1.33. The predicted octanol–water partition coefficient (Wildman–Crippen LogP) is 7.56. The number of nitrogens with zero attached hydrogens (tertiary/aromatic N) is 2. The van der Waals surface area contributed by atoms with Gasteiger partial charge in [-0.05, 0) is 73.3 Å². The molecule has 0 radical (unpaired) electrons. The second-order valence-electron chi connectivity index (χ2n) is 13.8. The molecule has 6 unspecified atom stereocenters. The lowest BCUT2D eigenvalue weighted by atomic mass is 9.55. The Kier molecular flexibility index (Phi) is 14.4. The van der Waals surface area contributed by atoms with Crippen LogP contribution in [-0.4, -0.2) is 78.8 Å². The van der Waals surface area contributed by atoms with Gasteiger partial charge in [-0.3, -0.25) is 4.90 Å². The number of amides is 1. The number of ether oxygens (including phenoxy) is 4. The molecule has 0 bridgehead atoms. The highest BCUT2D eigenvalue weighted by atomic mass is 16.7. The summed E-state index contributed by atoms with van der Waals surface area (Å²) >= 11 is 0. The summed E-state index contributed by atoms with van der Waals surface area (Å²) in [5.74, 6) is -0.235. The Labute approximate surface area is 308 Å². The summed E-state index contributed by atoms with van der Waals surface area (Å²) in [6.07, 6.45) is 11.1. The zero-order valence-electron chi connectivity index (χ0n) is 30.8. The molecule has 2 aromatic carbocycles. The Morgan fingerprint density at radius 2 is 1.79 bits per heavy atom. The summed E-state index contributed by atoms with van der Waals surface area (Å²) in [5, 5.41) is 24.4. The van der Waals surface area contributed by atoms with Gasteiger partial charge >= 0.3 is 6.09 Å². The van der Waals surface area contributed by atoms with Crippen molar-refractivity contribution < 1.29 is 38.8 Å². The molecule has 1 amide bonds. The normalized spacial score (nSPS) is 25.2. The van der Waals surface area contributed by atoms with Gasteiger partial charge in [-0.25, -0.2) is 4.79 Å². The van der Waals surface area contributed by atoms with Crippen molar-refractivity contribution in [2.45, 2.75) is 82.6 Å². The van der Waals surface area contributed by atoms with Gasteiger partial charge in [0.1, 0.15) is 30.8 Å². The van der Waals surface area contributed by atoms with Gasteiger partial charge in [0, 0.05) is 37.7 Å². The fraction of sp³-hybridized carbons (Fsp3) is 0.524. The van der Waals surface area contributed by atoms with E-state index < -0.39 is 23.8 Å². The number of oxime groups is 1. The Morgan fingerprint density at radius 3 is 2.48 bits per heavy atom. The molecule has 2 aliphatic carbocycles. The molecule has 6 atom stereocenters. The molecule has 2 N–H and O–H groups in total. The van der Waals surface area contributed by atoms with Crippen LogP contribution in [-0.2, 0) is 20.9 Å². The van der Waals surface area contributed by atoms with Gasteiger partial charge in [-0.15, -0.1) is 6.58 Å². The van der Waals surface area contributed by atoms with Crippen LogP contribution < -0.4 is 9.47 Å². The number of unbranched alkanes of at least 4 members (excludes halogenated alkanes) is 2. The Balaban J connectivity index is 1.76. The number of fused-ring (bicyclic) bond motifs is 2. The van der Waals surface area contributed by atoms with Crippen molar-refractivity contribution in [2.24, 2.45) is 22.9 Å². The minimum Gasteiger partial charge on any atom is -0.490 e. The van der Waals surface area contributed by atoms with Crippen molar-refractivity contribution in [3.63, 3.8) is 0 Å². The number of aliphatic hydroxyl groups excluding tert-OH is 2. The van der Waals surface area contributed by atoms with E-state index in [2.05, 4.69) is 25.3 Å². The molecule has 10 heteroatoms. The van der Waals surface area contributed by atoms with Crippen LogP contribution in [0.3, 0.4) is 0 Å². The van der Waals surface area contributed by atoms with E-state index in [1.165, 1.54) is 7.11 Å². The van der Waals surface area contributed by atoms with E-state index in [1.807, 2.05) is 49.4 Å². The molecule has 0 saturated heterocycles. The quantitative estimate of drug-likeness (QED) is 0.0819. The van der Waals surface area contributed by atoms with Gasteiger partial charge in [0.15, 0.2) is 0 Å². The van der Waals surface area contributed by atoms with E-state index in [0.29, 0.717) is 50.3 Å². The molecule has 0 aromatic heterocycles. The average molecular weight is 717 g/mol. The van der Waals surface area contributed by atoms with E-state index in [4.69, 9.17) is 28.9 Å². The van der Waals surface area contributed by atoms with Gasteiger partial charge in [0.2, 0.25) is 5.79 Å². The molecule has 1 fully saturated rings. The Morgan fingerprint density at radius 1 is 1.04 bits per heavy atom. The van der Waals surface area contributed by atoms with Gasteiger partial charge in [0.05, 0.1) is 25.3 Å². The maximum absolute atomic E-state index is 13.7. The third kappa shape index (κ3) is 8.56. The number of methoxy groups -OCH3 is 1. The van der Waals surface area contributed by atoms with E-state index in [9.17, 15) is 15.0 Å². The van der Waals surface area contributed by atoms with Crippen LogP contribution in [0.4, 0.5) is 4.79 Å². The Bertz CT molecular complexity index is 1540. The van der Waals surface area contributed by atoms with Crippen molar-refractivity contribution in [2.75, 3.05) is 40.1 Å². The first-order valence-corrected chi connectivity index (χ1v) is 18.8. The lowest BCUT2D eigenvalue weighted by molar-refractivity contribution is -0.255. The van der Waals surface area contributed by atoms with Crippen molar-refractivity contribution in [3.8, 4) is 11.5 Å². The molecule has 1 heterocycles. The molecule has 1 saturated carbocycles. The van der Waals surface area contributed by atoms with Crippen molar-refractivity contribution in [1.82, 2.24) is 4.90 Å². The maximum atomic E-state index is 13.7. The third-order valence-corrected chi connectivity index (χ3v) is 10.5. The molecular weight excluding hydrogens is 660 g/mol. The highest BCUT2D eigenvalue weighted by molar-refractivity contribution is 6.03. The van der Waals surface area contributed by atoms with E-state index in [0.717, 1.165) is 48.1 Å². The summed E-state index contributed by atoms with van der Waals surface area (Å²) in [6, 6.07) is 15.2. The molecular formula is C42H56N2O8. The average Bonchev–Trinajstić information content (AvgIpc) is 3.17. The molecule has 282 valence electrons. The van der Waals surface area contributed by atoms with Crippen LogP contribution in [0, 0.1) is 17.8 Å². The number of benzene rings is 2. The minimum absolute atomic E-state index is 0.117. The van der Waals surface area contributed by atoms with E-state index in [-0.39, 0.29) is 44.2 Å². The van der Waals surface area contributed by atoms with Crippen LogP contribution >= 0.6 is 0 Å². The molecule has 52 heavy (non-hydrogen) atoms. The second-order valence-corrected chi connectivity index (χ2v) is 13.8. The zero-order valence-corrected chi connectivity index (χ0v) is 30.8. The molecule has 2 aromatic rings. The van der Waals surface area contributed by atoms with E-state index in [1.54, 1.807) is 17.1 Å². The highest BCUT2D eigenvalue weighted by Gasteiger charge is 2.65. The maximum Gasteiger partial charge on any atom is 0.409 e. The summed E-state index contributed by atoms with van der Waals surface area (Å²) in [7, 11) is 1.40. The van der Waals surface area contributed by atoms with E-state index >= 15 is 0 Å². The fourth-order valence-corrected chi connectivity index (χ4v) is 8.38. The fourth-order valence-electron chi connectivity index (χ4n) is 8.38. The number of rotatable bonds is 20. The largest absolute Gasteiger partial charge is 0.490 e. The molecule has 0 spiro atoms. The predicted molar refractivity (Wildman–Crippen MR) is 201 cm³/mol. The first kappa shape index (κ1) is 39.1. The van der Waals surface area contributed by atoms with Gasteiger partial charge in [-0.2, -0.15) is 0 Å². The van der Waals surface area contributed by atoms with Crippen molar-refractivity contribution in [1.29, 1.82) is 0 Å². The number of aliphatic hydroxyl groups is 2. The third-order valence-electron chi connectivity index (χ3n) is 10.5. The van der Waals surface area contributed by atoms with Crippen LogP contribution in [0.5, 0.6) is 11.5 Å². The summed E-state index contributed by atoms with van der Waals surface area (Å²) < 4.78 is 25.6. The summed E-state index contributed by atoms with van der Waals surface area (Å²) in [5.41, 5.74) is 3.72. The first-order chi connectivity index (χ1) is 25.5.